The Bertz CT molecular complexity index is 748. The number of carbonyl (C=O) groups is 3. The fourth-order valence-corrected chi connectivity index (χ4v) is 2.03. The number of esters is 1. The number of hydrogen-bond donors (Lipinski definition) is 1. The van der Waals surface area contributed by atoms with Crippen molar-refractivity contribution in [1.29, 1.82) is 0 Å². The van der Waals surface area contributed by atoms with Crippen molar-refractivity contribution in [2.75, 3.05) is 40.6 Å². The summed E-state index contributed by atoms with van der Waals surface area (Å²) < 4.78 is 15.3. The molecule has 1 aromatic carbocycles. The van der Waals surface area contributed by atoms with Gasteiger partial charge in [0, 0.05) is 19.7 Å². The van der Waals surface area contributed by atoms with Gasteiger partial charge in [0.1, 0.15) is 0 Å². The lowest BCUT2D eigenvalue weighted by Crippen LogP contribution is -2.39. The van der Waals surface area contributed by atoms with Crippen LogP contribution in [0.15, 0.2) is 23.4 Å². The zero-order valence-electron chi connectivity index (χ0n) is 15.3. The van der Waals surface area contributed by atoms with E-state index in [0.717, 1.165) is 10.5 Å². The van der Waals surface area contributed by atoms with E-state index in [1.165, 1.54) is 14.1 Å². The van der Waals surface area contributed by atoms with Crippen molar-refractivity contribution in [1.82, 2.24) is 10.2 Å². The molecule has 0 spiro atoms. The molecule has 0 saturated carbocycles. The van der Waals surface area contributed by atoms with E-state index in [2.05, 4.69) is 10.5 Å². The number of ether oxygens (including phenoxy) is 3. The number of likely N-dealkylation sites (N-methyl/N-ethyl adjacent to an activating group) is 2. The predicted molar refractivity (Wildman–Crippen MR) is 93.4 cm³/mol. The Balaban J connectivity index is 1.74. The average Bonchev–Trinajstić information content (AvgIpc) is 3.13. The number of nitrogens with one attached hydrogen (secondary N) is 1. The van der Waals surface area contributed by atoms with Crippen LogP contribution in [0.3, 0.4) is 0 Å². The Morgan fingerprint density at radius 3 is 2.70 bits per heavy atom. The zero-order chi connectivity index (χ0) is 19.8. The minimum Gasteiger partial charge on any atom is -0.454 e. The molecule has 0 aliphatic carbocycles. The molecule has 1 heterocycles. The first-order valence-electron chi connectivity index (χ1n) is 8.07. The number of hydrogen-bond acceptors (Lipinski definition) is 8. The van der Waals surface area contributed by atoms with Gasteiger partial charge in [-0.05, 0) is 25.1 Å². The monoisotopic (exact) mass is 379 g/mol. The fraction of sp³-hybridized carbons (Fsp3) is 0.412. The van der Waals surface area contributed by atoms with Gasteiger partial charge in [0.2, 0.25) is 19.3 Å². The summed E-state index contributed by atoms with van der Waals surface area (Å²) in [5.74, 6) is -0.317. The normalized spacial score (nSPS) is 12.3. The number of oxime groups is 1. The zero-order valence-corrected chi connectivity index (χ0v) is 15.3. The molecule has 146 valence electrons. The predicted octanol–water partition coefficient (Wildman–Crippen LogP) is -0.0965. The maximum Gasteiger partial charge on any atom is 0.347 e. The Kier molecular flexibility index (Phi) is 6.98. The molecule has 10 heteroatoms. The van der Waals surface area contributed by atoms with Crippen molar-refractivity contribution in [2.24, 2.45) is 5.16 Å². The summed E-state index contributed by atoms with van der Waals surface area (Å²) in [6.07, 6.45) is 0. The van der Waals surface area contributed by atoms with Crippen LogP contribution in [-0.4, -0.2) is 69.0 Å². The van der Waals surface area contributed by atoms with Crippen LogP contribution in [0, 0.1) is 0 Å². The molecule has 1 aromatic rings. The Labute approximate surface area is 156 Å². The molecule has 1 aliphatic heterocycles. The van der Waals surface area contributed by atoms with Gasteiger partial charge in [-0.15, -0.1) is 0 Å². The van der Waals surface area contributed by atoms with E-state index in [1.807, 2.05) is 0 Å². The summed E-state index contributed by atoms with van der Waals surface area (Å²) in [5, 5.41) is 6.23. The van der Waals surface area contributed by atoms with Crippen molar-refractivity contribution in [3.05, 3.63) is 23.8 Å². The molecule has 2 amide bonds. The Morgan fingerprint density at radius 1 is 1.22 bits per heavy atom. The van der Waals surface area contributed by atoms with Crippen LogP contribution in [0.2, 0.25) is 0 Å². The van der Waals surface area contributed by atoms with Gasteiger partial charge < -0.3 is 29.3 Å². The molecule has 0 radical (unpaired) electrons. The van der Waals surface area contributed by atoms with E-state index in [-0.39, 0.29) is 19.2 Å². The van der Waals surface area contributed by atoms with Crippen LogP contribution in [0.25, 0.3) is 0 Å². The van der Waals surface area contributed by atoms with Crippen LogP contribution >= 0.6 is 0 Å². The van der Waals surface area contributed by atoms with Crippen molar-refractivity contribution in [3.8, 4) is 11.5 Å². The van der Waals surface area contributed by atoms with Crippen LogP contribution in [0.1, 0.15) is 12.5 Å². The first-order valence-corrected chi connectivity index (χ1v) is 8.07. The molecule has 1 aliphatic rings. The molecule has 2 rings (SSSR count). The average molecular weight is 379 g/mol. The van der Waals surface area contributed by atoms with Crippen molar-refractivity contribution >= 4 is 23.5 Å². The van der Waals surface area contributed by atoms with Gasteiger partial charge in [-0.1, -0.05) is 5.16 Å². The molecule has 0 aromatic heterocycles. The smallest absolute Gasteiger partial charge is 0.347 e. The van der Waals surface area contributed by atoms with E-state index >= 15 is 0 Å². The van der Waals surface area contributed by atoms with E-state index in [9.17, 15) is 14.4 Å². The van der Waals surface area contributed by atoms with Gasteiger partial charge in [-0.25, -0.2) is 4.79 Å². The largest absolute Gasteiger partial charge is 0.454 e. The fourth-order valence-electron chi connectivity index (χ4n) is 2.03. The number of nitrogens with zero attached hydrogens (tertiary/aromatic N) is 2. The highest BCUT2D eigenvalue weighted by atomic mass is 16.7. The lowest BCUT2D eigenvalue weighted by molar-refractivity contribution is -0.155. The van der Waals surface area contributed by atoms with Gasteiger partial charge in [0.05, 0.1) is 12.3 Å². The number of carbonyl (C=O) groups excluding carboxylic acids is 3. The minimum absolute atomic E-state index is 0.123. The maximum atomic E-state index is 11.7. The number of fused-ring (bicyclic) bond motifs is 1. The molecule has 0 saturated heterocycles. The van der Waals surface area contributed by atoms with E-state index < -0.39 is 25.1 Å². The number of rotatable bonds is 8. The highest BCUT2D eigenvalue weighted by Crippen LogP contribution is 2.32. The lowest BCUT2D eigenvalue weighted by atomic mass is 10.1. The quantitative estimate of drug-likeness (QED) is 0.381. The third-order valence-corrected chi connectivity index (χ3v) is 3.62. The topological polar surface area (TPSA) is 116 Å². The molecule has 0 fully saturated rings. The second-order valence-corrected chi connectivity index (χ2v) is 5.60. The molecule has 0 bridgehead atoms. The third kappa shape index (κ3) is 5.87. The first kappa shape index (κ1) is 20.0. The summed E-state index contributed by atoms with van der Waals surface area (Å²) >= 11 is 0. The highest BCUT2D eigenvalue weighted by Gasteiger charge is 2.16. The van der Waals surface area contributed by atoms with Crippen molar-refractivity contribution in [3.63, 3.8) is 0 Å². The number of amides is 2. The van der Waals surface area contributed by atoms with Gasteiger partial charge >= 0.3 is 5.97 Å². The molecular weight excluding hydrogens is 358 g/mol. The second kappa shape index (κ2) is 9.41. The lowest BCUT2D eigenvalue weighted by Gasteiger charge is -2.15. The van der Waals surface area contributed by atoms with Gasteiger partial charge in [-0.2, -0.15) is 0 Å². The van der Waals surface area contributed by atoms with E-state index in [4.69, 9.17) is 19.0 Å². The van der Waals surface area contributed by atoms with Gasteiger partial charge in [0.15, 0.2) is 18.1 Å². The SMILES string of the molecule is CNC(=O)CN(C)C(=O)COC(=O)CO/N=C(/C)c1ccc2c(c1)OCO2. The van der Waals surface area contributed by atoms with Crippen molar-refractivity contribution < 1.29 is 33.4 Å². The first-order chi connectivity index (χ1) is 12.9. The van der Waals surface area contributed by atoms with Crippen LogP contribution in [0.5, 0.6) is 11.5 Å². The molecule has 0 atom stereocenters. The molecule has 27 heavy (non-hydrogen) atoms. The molecule has 10 nitrogen and oxygen atoms in total. The molecular formula is C17H21N3O7. The molecule has 1 N–H and O–H groups in total. The van der Waals surface area contributed by atoms with E-state index in [0.29, 0.717) is 17.2 Å². The van der Waals surface area contributed by atoms with Crippen molar-refractivity contribution in [2.45, 2.75) is 6.92 Å². The Morgan fingerprint density at radius 2 is 1.96 bits per heavy atom. The second-order valence-electron chi connectivity index (χ2n) is 5.60. The third-order valence-electron chi connectivity index (χ3n) is 3.62. The summed E-state index contributed by atoms with van der Waals surface area (Å²) in [6.45, 7) is 0.825. The van der Waals surface area contributed by atoms with E-state index in [1.54, 1.807) is 25.1 Å². The van der Waals surface area contributed by atoms with Crippen LogP contribution < -0.4 is 14.8 Å². The summed E-state index contributed by atoms with van der Waals surface area (Å²) in [4.78, 5) is 40.6. The maximum absolute atomic E-state index is 11.7. The summed E-state index contributed by atoms with van der Waals surface area (Å²) in [7, 11) is 2.89. The molecule has 0 unspecified atom stereocenters. The minimum atomic E-state index is -0.751. The number of benzene rings is 1. The Hall–Kier alpha value is -3.30. The summed E-state index contributed by atoms with van der Waals surface area (Å²) in [6, 6.07) is 5.30. The van der Waals surface area contributed by atoms with Crippen LogP contribution in [-0.2, 0) is 24.0 Å². The van der Waals surface area contributed by atoms with Gasteiger partial charge in [0.25, 0.3) is 5.91 Å². The standard InChI is InChI=1S/C17H21N3O7/c1-11(12-4-5-13-14(6-12)26-10-25-13)19-27-9-17(23)24-8-16(22)20(3)7-15(21)18-2/h4-6H,7-10H2,1-3H3,(H,18,21)/b19-11-. The van der Waals surface area contributed by atoms with Gasteiger partial charge in [-0.3, -0.25) is 9.59 Å². The van der Waals surface area contributed by atoms with Crippen LogP contribution in [0.4, 0.5) is 0 Å². The highest BCUT2D eigenvalue weighted by molar-refractivity contribution is 5.99. The summed E-state index contributed by atoms with van der Waals surface area (Å²) in [5.41, 5.74) is 1.28.